The maximum absolute atomic E-state index is 2.42. The molecule has 3 heteroatoms. The Morgan fingerprint density at radius 3 is 2.43 bits per heavy atom. The Morgan fingerprint density at radius 2 is 1.53 bits per heavy atom. The number of aromatic nitrogens is 1. The first-order valence-electron chi connectivity index (χ1n) is 10.2. The van der Waals surface area contributed by atoms with Gasteiger partial charge in [-0.05, 0) is 41.5 Å². The van der Waals surface area contributed by atoms with E-state index in [0.717, 1.165) is 0 Å². The summed E-state index contributed by atoms with van der Waals surface area (Å²) in [5.41, 5.74) is 4.11. The summed E-state index contributed by atoms with van der Waals surface area (Å²) in [6.07, 6.45) is 2.24. The van der Waals surface area contributed by atoms with Gasteiger partial charge in [-0.2, -0.15) is 0 Å². The molecule has 142 valence electrons. The van der Waals surface area contributed by atoms with Gasteiger partial charge in [-0.25, -0.2) is 4.57 Å². The SMILES string of the molecule is Cc1c2c(cc3ccccc13)Sc1cc3sc4ccccc4c3c3cc[n+](C)c-2c13. The van der Waals surface area contributed by atoms with E-state index < -0.39 is 0 Å². The van der Waals surface area contributed by atoms with Crippen LogP contribution in [0.15, 0.2) is 82.7 Å². The molecule has 30 heavy (non-hydrogen) atoms. The highest BCUT2D eigenvalue weighted by molar-refractivity contribution is 7.99. The summed E-state index contributed by atoms with van der Waals surface area (Å²) < 4.78 is 5.06. The van der Waals surface area contributed by atoms with Crippen LogP contribution in [-0.4, -0.2) is 0 Å². The van der Waals surface area contributed by atoms with Crippen LogP contribution in [0.3, 0.4) is 0 Å². The Kier molecular flexibility index (Phi) is 3.28. The Bertz CT molecular complexity index is 1690. The van der Waals surface area contributed by atoms with Gasteiger partial charge in [0.2, 0.25) is 5.69 Å². The van der Waals surface area contributed by atoms with Crippen LogP contribution >= 0.6 is 23.1 Å². The number of hydrogen-bond acceptors (Lipinski definition) is 2. The van der Waals surface area contributed by atoms with Gasteiger partial charge in [-0.15, -0.1) is 11.3 Å². The summed E-state index contributed by atoms with van der Waals surface area (Å²) >= 11 is 3.84. The van der Waals surface area contributed by atoms with Gasteiger partial charge in [-0.1, -0.05) is 54.2 Å². The van der Waals surface area contributed by atoms with Crippen LogP contribution in [0.2, 0.25) is 0 Å². The minimum atomic E-state index is 1.32. The van der Waals surface area contributed by atoms with Crippen LogP contribution < -0.4 is 4.57 Å². The molecule has 0 aliphatic carbocycles. The second-order valence-corrected chi connectivity index (χ2v) is 10.3. The maximum atomic E-state index is 2.42. The molecule has 1 aliphatic heterocycles. The summed E-state index contributed by atoms with van der Waals surface area (Å²) in [4.78, 5) is 2.74. The van der Waals surface area contributed by atoms with Crippen LogP contribution in [0, 0.1) is 6.92 Å². The van der Waals surface area contributed by atoms with Crippen molar-refractivity contribution in [2.45, 2.75) is 16.7 Å². The molecular weight excluding hydrogens is 402 g/mol. The first kappa shape index (κ1) is 16.9. The lowest BCUT2D eigenvalue weighted by atomic mass is 9.93. The number of pyridine rings is 1. The van der Waals surface area contributed by atoms with Gasteiger partial charge in [0.05, 0.1) is 10.9 Å². The highest BCUT2D eigenvalue weighted by atomic mass is 32.2. The molecule has 3 heterocycles. The standard InChI is InChI=1S/C27H18NS2/c1-15-17-8-4-3-7-16(17)13-21-24(15)27-26-19(11-12-28(27)2)25-18-9-5-6-10-20(18)29-22(25)14-23(26)30-21/h3-14H,1-2H3/q+1. The molecule has 0 unspecified atom stereocenters. The lowest BCUT2D eigenvalue weighted by molar-refractivity contribution is -0.659. The monoisotopic (exact) mass is 420 g/mol. The van der Waals surface area contributed by atoms with Crippen molar-refractivity contribution in [3.05, 3.63) is 78.5 Å². The maximum Gasteiger partial charge on any atom is 0.222 e. The van der Waals surface area contributed by atoms with Gasteiger partial charge in [0.15, 0.2) is 6.20 Å². The third kappa shape index (κ3) is 2.07. The Morgan fingerprint density at radius 1 is 0.733 bits per heavy atom. The van der Waals surface area contributed by atoms with E-state index in [1.165, 1.54) is 68.3 Å². The van der Waals surface area contributed by atoms with Crippen molar-refractivity contribution in [2.75, 3.05) is 0 Å². The minimum Gasteiger partial charge on any atom is -0.200 e. The first-order chi connectivity index (χ1) is 14.7. The van der Waals surface area contributed by atoms with Gasteiger partial charge < -0.3 is 0 Å². The van der Waals surface area contributed by atoms with Crippen LogP contribution in [-0.2, 0) is 7.05 Å². The Balaban J connectivity index is 1.72. The zero-order valence-electron chi connectivity index (χ0n) is 16.7. The lowest BCUT2D eigenvalue weighted by Crippen LogP contribution is -2.31. The third-order valence-electron chi connectivity index (χ3n) is 6.45. The van der Waals surface area contributed by atoms with Gasteiger partial charge in [0.25, 0.3) is 0 Å². The van der Waals surface area contributed by atoms with Crippen LogP contribution in [0.1, 0.15) is 5.56 Å². The molecule has 1 aliphatic rings. The number of fused-ring (bicyclic) bond motifs is 7. The van der Waals surface area contributed by atoms with E-state index in [4.69, 9.17) is 0 Å². The molecule has 0 spiro atoms. The summed E-state index contributed by atoms with van der Waals surface area (Å²) in [6.45, 7) is 2.28. The molecule has 6 aromatic rings. The quantitative estimate of drug-likeness (QED) is 0.228. The molecule has 0 fully saturated rings. The zero-order valence-corrected chi connectivity index (χ0v) is 18.3. The van der Waals surface area contributed by atoms with Crippen molar-refractivity contribution in [1.29, 1.82) is 0 Å². The average Bonchev–Trinajstić information content (AvgIpc) is 3.13. The van der Waals surface area contributed by atoms with Crippen LogP contribution in [0.25, 0.3) is 53.0 Å². The molecule has 4 aromatic carbocycles. The van der Waals surface area contributed by atoms with Crippen LogP contribution in [0.5, 0.6) is 0 Å². The van der Waals surface area contributed by atoms with Gasteiger partial charge in [0, 0.05) is 41.4 Å². The average molecular weight is 421 g/mol. The second-order valence-electron chi connectivity index (χ2n) is 8.11. The fourth-order valence-corrected chi connectivity index (χ4v) is 7.61. The van der Waals surface area contributed by atoms with Crippen molar-refractivity contribution in [3.8, 4) is 11.3 Å². The van der Waals surface area contributed by atoms with Crippen molar-refractivity contribution < 1.29 is 4.57 Å². The molecule has 0 amide bonds. The first-order valence-corrected chi connectivity index (χ1v) is 11.8. The van der Waals surface area contributed by atoms with E-state index in [1.54, 1.807) is 0 Å². The van der Waals surface area contributed by atoms with E-state index in [1.807, 2.05) is 23.1 Å². The smallest absolute Gasteiger partial charge is 0.200 e. The number of nitrogens with zero attached hydrogens (tertiary/aromatic N) is 1. The molecule has 0 radical (unpaired) electrons. The summed E-state index contributed by atoms with van der Waals surface area (Å²) in [5.74, 6) is 0. The highest BCUT2D eigenvalue weighted by Crippen LogP contribution is 2.52. The van der Waals surface area contributed by atoms with E-state index in [2.05, 4.69) is 91.5 Å². The molecule has 0 atom stereocenters. The summed E-state index contributed by atoms with van der Waals surface area (Å²) in [7, 11) is 2.18. The molecule has 0 N–H and O–H groups in total. The molecule has 0 bridgehead atoms. The fourth-order valence-electron chi connectivity index (χ4n) is 5.11. The molecule has 0 saturated heterocycles. The van der Waals surface area contributed by atoms with E-state index in [9.17, 15) is 0 Å². The predicted molar refractivity (Wildman–Crippen MR) is 130 cm³/mol. The largest absolute Gasteiger partial charge is 0.222 e. The van der Waals surface area contributed by atoms with Crippen molar-refractivity contribution >= 4 is 64.8 Å². The molecule has 0 saturated carbocycles. The Hall–Kier alpha value is -2.88. The van der Waals surface area contributed by atoms with Gasteiger partial charge >= 0.3 is 0 Å². The number of thiophene rings is 1. The fraction of sp³-hybridized carbons (Fsp3) is 0.0741. The number of benzene rings is 4. The topological polar surface area (TPSA) is 3.88 Å². The van der Waals surface area contributed by atoms with Crippen molar-refractivity contribution in [2.24, 2.45) is 7.05 Å². The number of rotatable bonds is 0. The van der Waals surface area contributed by atoms with E-state index in [0.29, 0.717) is 0 Å². The van der Waals surface area contributed by atoms with E-state index in [-0.39, 0.29) is 0 Å². The Labute approximate surface area is 182 Å². The van der Waals surface area contributed by atoms with Crippen molar-refractivity contribution in [1.82, 2.24) is 0 Å². The van der Waals surface area contributed by atoms with Gasteiger partial charge in [-0.3, -0.25) is 0 Å². The normalized spacial score (nSPS) is 12.9. The molecule has 1 nitrogen and oxygen atoms in total. The summed E-state index contributed by atoms with van der Waals surface area (Å²) in [6, 6.07) is 24.7. The second kappa shape index (κ2) is 5.84. The van der Waals surface area contributed by atoms with E-state index >= 15 is 0 Å². The number of hydrogen-bond donors (Lipinski definition) is 0. The highest BCUT2D eigenvalue weighted by Gasteiger charge is 2.30. The lowest BCUT2D eigenvalue weighted by Gasteiger charge is -2.21. The minimum absolute atomic E-state index is 1.32. The molecule has 7 rings (SSSR count). The number of aryl methyl sites for hydroxylation is 2. The predicted octanol–water partition coefficient (Wildman–Crippen LogP) is 7.63. The van der Waals surface area contributed by atoms with Crippen molar-refractivity contribution in [3.63, 3.8) is 0 Å². The van der Waals surface area contributed by atoms with Crippen LogP contribution in [0.4, 0.5) is 0 Å². The third-order valence-corrected chi connectivity index (χ3v) is 8.66. The van der Waals surface area contributed by atoms with Gasteiger partial charge in [0.1, 0.15) is 7.05 Å². The molecular formula is C27H18NS2+. The molecule has 2 aromatic heterocycles. The summed E-state index contributed by atoms with van der Waals surface area (Å²) in [5, 5.41) is 8.21. The zero-order chi connectivity index (χ0) is 20.0.